The fraction of sp³-hybridized carbons (Fsp3) is 0.787. The maximum absolute atomic E-state index is 12.1. The average molecular weight is 824 g/mol. The lowest BCUT2D eigenvalue weighted by Gasteiger charge is -2.15. The van der Waals surface area contributed by atoms with E-state index < -0.39 is 26.5 Å². The minimum absolute atomic E-state index is 0.0778. The van der Waals surface area contributed by atoms with Gasteiger partial charge in [-0.25, -0.2) is 4.57 Å². The van der Waals surface area contributed by atoms with E-state index in [-0.39, 0.29) is 32.1 Å². The van der Waals surface area contributed by atoms with E-state index in [1.165, 1.54) is 116 Å². The summed E-state index contributed by atoms with van der Waals surface area (Å²) in [6, 6.07) is 0. The Bertz CT molecular complexity index is 1080. The molecule has 0 aliphatic carbocycles. The molecule has 2 unspecified atom stereocenters. The van der Waals surface area contributed by atoms with Crippen LogP contribution in [0.3, 0.4) is 0 Å². The van der Waals surface area contributed by atoms with Crippen molar-refractivity contribution in [1.82, 2.24) is 5.32 Å². The van der Waals surface area contributed by atoms with Gasteiger partial charge in [0.2, 0.25) is 5.91 Å². The highest BCUT2D eigenvalue weighted by molar-refractivity contribution is 7.47. The molecule has 0 aromatic carbocycles. The third kappa shape index (κ3) is 44.9. The number of phosphoric ester groups is 1. The third-order valence-corrected chi connectivity index (χ3v) is 10.8. The molecule has 3 N–H and O–H groups in total. The lowest BCUT2D eigenvalue weighted by molar-refractivity contribution is -0.147. The van der Waals surface area contributed by atoms with Gasteiger partial charge in [-0.2, -0.15) is 0 Å². The van der Waals surface area contributed by atoms with E-state index in [1.54, 1.807) is 0 Å². The number of carbonyl (C=O) groups is 2. The van der Waals surface area contributed by atoms with Crippen LogP contribution in [-0.4, -0.2) is 54.3 Å². The van der Waals surface area contributed by atoms with Crippen molar-refractivity contribution in [3.05, 3.63) is 48.6 Å². The molecule has 0 aliphatic rings. The summed E-state index contributed by atoms with van der Waals surface area (Å²) in [6.07, 6.45) is 50.6. The van der Waals surface area contributed by atoms with Gasteiger partial charge in [0, 0.05) is 19.4 Å². The van der Waals surface area contributed by atoms with Crippen LogP contribution in [0.5, 0.6) is 0 Å². The number of aliphatic hydroxyl groups is 1. The van der Waals surface area contributed by atoms with Crippen molar-refractivity contribution in [3.8, 4) is 0 Å². The molecule has 1 amide bonds. The van der Waals surface area contributed by atoms with E-state index in [2.05, 4.69) is 67.8 Å². The van der Waals surface area contributed by atoms with Crippen molar-refractivity contribution in [1.29, 1.82) is 0 Å². The maximum Gasteiger partial charge on any atom is 0.472 e. The molecule has 0 rings (SSSR count). The van der Waals surface area contributed by atoms with Crippen LogP contribution in [0.4, 0.5) is 0 Å². The standard InChI is InChI=1S/C47H86NO8P/c1-3-5-7-9-11-13-15-17-19-20-21-22-23-24-26-27-29-31-33-35-37-39-46(50)48-41-42-55-57(52,53)56-44-45(49)43-54-47(51)40-38-36-34-32-30-28-25-18-16-14-12-10-8-6-4-2/h6,8,12,14,18,25,30,32,45,49H,3-5,7,9-11,13,15-17,19-24,26-29,31,33-44H2,1-2H3,(H,48,50)(H,52,53)/b8-6-,14-12-,25-18-,32-30-. The van der Waals surface area contributed by atoms with Gasteiger partial charge >= 0.3 is 13.8 Å². The van der Waals surface area contributed by atoms with Crippen LogP contribution >= 0.6 is 7.82 Å². The Balaban J connectivity index is 3.59. The first kappa shape index (κ1) is 55.0. The predicted octanol–water partition coefficient (Wildman–Crippen LogP) is 13.1. The molecule has 0 aromatic rings. The summed E-state index contributed by atoms with van der Waals surface area (Å²) in [5, 5.41) is 12.7. The van der Waals surface area contributed by atoms with E-state index in [4.69, 9.17) is 13.8 Å². The van der Waals surface area contributed by atoms with Crippen LogP contribution in [0.2, 0.25) is 0 Å². The number of hydrogen-bond acceptors (Lipinski definition) is 7. The molecule has 57 heavy (non-hydrogen) atoms. The summed E-state index contributed by atoms with van der Waals surface area (Å²) in [4.78, 5) is 33.9. The molecule has 0 saturated heterocycles. The summed E-state index contributed by atoms with van der Waals surface area (Å²) < 4.78 is 26.9. The van der Waals surface area contributed by atoms with Crippen molar-refractivity contribution in [2.45, 2.75) is 213 Å². The van der Waals surface area contributed by atoms with Crippen LogP contribution in [-0.2, 0) is 27.9 Å². The largest absolute Gasteiger partial charge is 0.472 e. The Hall–Kier alpha value is -2.03. The molecule has 2 atom stereocenters. The van der Waals surface area contributed by atoms with Gasteiger partial charge in [-0.15, -0.1) is 0 Å². The molecule has 332 valence electrons. The average Bonchev–Trinajstić information content (AvgIpc) is 3.20. The zero-order valence-corrected chi connectivity index (χ0v) is 37.4. The second kappa shape index (κ2) is 43.5. The highest BCUT2D eigenvalue weighted by Gasteiger charge is 2.23. The van der Waals surface area contributed by atoms with Gasteiger partial charge in [-0.3, -0.25) is 18.6 Å². The normalized spacial score (nSPS) is 13.7. The van der Waals surface area contributed by atoms with Crippen LogP contribution in [0.25, 0.3) is 0 Å². The molecule has 0 saturated carbocycles. The number of hydrogen-bond donors (Lipinski definition) is 3. The number of amides is 1. The Labute approximate surface area is 349 Å². The number of ether oxygens (including phenoxy) is 1. The van der Waals surface area contributed by atoms with Gasteiger partial charge in [0.1, 0.15) is 12.7 Å². The summed E-state index contributed by atoms with van der Waals surface area (Å²) in [5.74, 6) is -0.555. The van der Waals surface area contributed by atoms with E-state index >= 15 is 0 Å². The number of esters is 1. The number of unbranched alkanes of at least 4 members (excludes halogenated alkanes) is 22. The minimum atomic E-state index is -4.43. The van der Waals surface area contributed by atoms with Crippen molar-refractivity contribution in [2.24, 2.45) is 0 Å². The molecule has 0 fully saturated rings. The van der Waals surface area contributed by atoms with Gasteiger partial charge in [0.05, 0.1) is 13.2 Å². The fourth-order valence-electron chi connectivity index (χ4n) is 6.31. The monoisotopic (exact) mass is 824 g/mol. The Morgan fingerprint density at radius 3 is 1.49 bits per heavy atom. The second-order valence-corrected chi connectivity index (χ2v) is 16.8. The number of nitrogens with one attached hydrogen (secondary N) is 1. The lowest BCUT2D eigenvalue weighted by atomic mass is 10.0. The second-order valence-electron chi connectivity index (χ2n) is 15.4. The molecule has 0 spiro atoms. The first-order valence-corrected chi connectivity index (χ1v) is 24.6. The molecule has 0 radical (unpaired) electrons. The van der Waals surface area contributed by atoms with E-state index in [0.29, 0.717) is 12.8 Å². The molecule has 9 nitrogen and oxygen atoms in total. The minimum Gasteiger partial charge on any atom is -0.463 e. The third-order valence-electron chi connectivity index (χ3n) is 9.77. The van der Waals surface area contributed by atoms with E-state index in [1.807, 2.05) is 0 Å². The summed E-state index contributed by atoms with van der Waals surface area (Å²) in [5.41, 5.74) is 0. The summed E-state index contributed by atoms with van der Waals surface area (Å²) in [7, 11) is -4.43. The lowest BCUT2D eigenvalue weighted by Crippen LogP contribution is -2.27. The van der Waals surface area contributed by atoms with Gasteiger partial charge in [0.25, 0.3) is 0 Å². The molecule has 0 aliphatic heterocycles. The SMILES string of the molecule is CC/C=C\C/C=C\C/C=C\C/C=C\CCCCC(=O)OCC(O)COP(=O)(O)OCCNC(=O)CCCCCCCCCCCCCCCCCCCCCCC. The van der Waals surface area contributed by atoms with E-state index in [9.17, 15) is 24.2 Å². The Morgan fingerprint density at radius 1 is 0.561 bits per heavy atom. The van der Waals surface area contributed by atoms with Gasteiger partial charge in [0.15, 0.2) is 0 Å². The zero-order valence-electron chi connectivity index (χ0n) is 36.5. The topological polar surface area (TPSA) is 131 Å². The van der Waals surface area contributed by atoms with Gasteiger partial charge in [-0.05, 0) is 51.4 Å². The Kier molecular flexibility index (Phi) is 42.0. The highest BCUT2D eigenvalue weighted by Crippen LogP contribution is 2.42. The molecular weight excluding hydrogens is 737 g/mol. The van der Waals surface area contributed by atoms with Crippen molar-refractivity contribution in [2.75, 3.05) is 26.4 Å². The number of allylic oxidation sites excluding steroid dienone is 8. The summed E-state index contributed by atoms with van der Waals surface area (Å²) >= 11 is 0. The molecule has 0 aromatic heterocycles. The molecule has 0 heterocycles. The highest BCUT2D eigenvalue weighted by atomic mass is 31.2. The quantitative estimate of drug-likeness (QED) is 0.0240. The van der Waals surface area contributed by atoms with Crippen LogP contribution in [0.15, 0.2) is 48.6 Å². The van der Waals surface area contributed by atoms with Crippen molar-refractivity contribution < 1.29 is 37.9 Å². The summed E-state index contributed by atoms with van der Waals surface area (Å²) in [6.45, 7) is 3.41. The smallest absolute Gasteiger partial charge is 0.463 e. The van der Waals surface area contributed by atoms with Crippen molar-refractivity contribution >= 4 is 19.7 Å². The fourth-order valence-corrected chi connectivity index (χ4v) is 7.07. The van der Waals surface area contributed by atoms with Gasteiger partial charge < -0.3 is 20.1 Å². The maximum atomic E-state index is 12.1. The first-order chi connectivity index (χ1) is 27.8. The van der Waals surface area contributed by atoms with Crippen molar-refractivity contribution in [3.63, 3.8) is 0 Å². The zero-order chi connectivity index (χ0) is 41.8. The predicted molar refractivity (Wildman–Crippen MR) is 238 cm³/mol. The van der Waals surface area contributed by atoms with Crippen LogP contribution < -0.4 is 5.32 Å². The van der Waals surface area contributed by atoms with E-state index in [0.717, 1.165) is 57.8 Å². The number of rotatable bonds is 43. The number of phosphoric acid groups is 1. The number of carbonyl (C=O) groups excluding carboxylic acids is 2. The molecule has 0 bridgehead atoms. The van der Waals surface area contributed by atoms with Gasteiger partial charge in [-0.1, -0.05) is 191 Å². The first-order valence-electron chi connectivity index (χ1n) is 23.1. The van der Waals surface area contributed by atoms with Crippen LogP contribution in [0.1, 0.15) is 206 Å². The van der Waals surface area contributed by atoms with Crippen LogP contribution in [0, 0.1) is 0 Å². The molecule has 10 heteroatoms. The number of aliphatic hydroxyl groups excluding tert-OH is 1. The molecular formula is C47H86NO8P. The Morgan fingerprint density at radius 2 is 1.00 bits per heavy atom.